The number of aromatic nitrogens is 2. The molecule has 3 aromatic carbocycles. The maximum Gasteiger partial charge on any atom is 0.138 e. The summed E-state index contributed by atoms with van der Waals surface area (Å²) in [5.74, 6) is 1.65. The van der Waals surface area contributed by atoms with E-state index in [-0.39, 0.29) is 6.04 Å². The van der Waals surface area contributed by atoms with Crippen LogP contribution in [0.3, 0.4) is 0 Å². The molecule has 29 heavy (non-hydrogen) atoms. The summed E-state index contributed by atoms with van der Waals surface area (Å²) in [5.41, 5.74) is 4.72. The fourth-order valence-corrected chi connectivity index (χ4v) is 3.47. The Kier molecular flexibility index (Phi) is 5.66. The number of aryl methyl sites for hydroxylation is 1. The molecule has 0 amide bonds. The third-order valence-corrected chi connectivity index (χ3v) is 4.99. The van der Waals surface area contributed by atoms with Gasteiger partial charge < -0.3 is 5.32 Å². The Hall–Kier alpha value is -3.46. The first-order chi connectivity index (χ1) is 14.2. The Bertz CT molecular complexity index is 1130. The Morgan fingerprint density at radius 1 is 0.897 bits per heavy atom. The topological polar surface area (TPSA) is 37.8 Å². The molecule has 1 heterocycles. The third-order valence-electron chi connectivity index (χ3n) is 4.99. The Labute approximate surface area is 172 Å². The largest absolute Gasteiger partial charge is 0.363 e. The van der Waals surface area contributed by atoms with Crippen LogP contribution in [-0.2, 0) is 6.42 Å². The van der Waals surface area contributed by atoms with Crippen molar-refractivity contribution in [3.63, 3.8) is 0 Å². The van der Waals surface area contributed by atoms with Crippen LogP contribution in [0.5, 0.6) is 0 Å². The normalized spacial score (nSPS) is 12.3. The molecule has 4 aromatic rings. The number of anilines is 1. The summed E-state index contributed by atoms with van der Waals surface area (Å²) < 4.78 is 0. The highest BCUT2D eigenvalue weighted by Gasteiger charge is 2.10. The summed E-state index contributed by atoms with van der Waals surface area (Å²) >= 11 is 0. The summed E-state index contributed by atoms with van der Waals surface area (Å²) in [6, 6.07) is 27.4. The second-order valence-electron chi connectivity index (χ2n) is 7.26. The molecule has 1 unspecified atom stereocenters. The lowest BCUT2D eigenvalue weighted by atomic mass is 10.0. The molecular formula is C26H25N3. The molecule has 4 rings (SSSR count). The zero-order chi connectivity index (χ0) is 20.1. The molecule has 3 nitrogen and oxygen atoms in total. The summed E-state index contributed by atoms with van der Waals surface area (Å²) in [6.07, 6.45) is 5.34. The number of rotatable bonds is 6. The summed E-state index contributed by atoms with van der Waals surface area (Å²) in [6.45, 7) is 4.10. The number of fused-ring (bicyclic) bond motifs is 1. The van der Waals surface area contributed by atoms with Gasteiger partial charge in [0.15, 0.2) is 0 Å². The number of benzene rings is 3. The highest BCUT2D eigenvalue weighted by Crippen LogP contribution is 2.25. The minimum absolute atomic E-state index is 0.134. The van der Waals surface area contributed by atoms with Gasteiger partial charge in [0.2, 0.25) is 0 Å². The van der Waals surface area contributed by atoms with Crippen molar-refractivity contribution >= 4 is 22.8 Å². The van der Waals surface area contributed by atoms with E-state index in [1.165, 1.54) is 16.7 Å². The van der Waals surface area contributed by atoms with Crippen LogP contribution in [0.15, 0.2) is 84.9 Å². The fraction of sp³-hybridized carbons (Fsp3) is 0.154. The second-order valence-corrected chi connectivity index (χ2v) is 7.26. The zero-order valence-corrected chi connectivity index (χ0v) is 16.8. The lowest BCUT2D eigenvalue weighted by Gasteiger charge is -2.17. The maximum atomic E-state index is 4.64. The van der Waals surface area contributed by atoms with Crippen LogP contribution < -0.4 is 5.32 Å². The minimum atomic E-state index is 0.134. The molecule has 3 heteroatoms. The third kappa shape index (κ3) is 4.69. The van der Waals surface area contributed by atoms with Gasteiger partial charge in [0.25, 0.3) is 0 Å². The van der Waals surface area contributed by atoms with Gasteiger partial charge in [-0.1, -0.05) is 72.8 Å². The van der Waals surface area contributed by atoms with Crippen molar-refractivity contribution in [2.75, 3.05) is 5.32 Å². The monoisotopic (exact) mass is 379 g/mol. The van der Waals surface area contributed by atoms with Crippen LogP contribution in [-0.4, -0.2) is 9.97 Å². The minimum Gasteiger partial charge on any atom is -0.363 e. The van der Waals surface area contributed by atoms with Crippen molar-refractivity contribution < 1.29 is 0 Å². The molecule has 0 fully saturated rings. The Morgan fingerprint density at radius 2 is 1.69 bits per heavy atom. The number of nitrogens with one attached hydrogen (secondary N) is 1. The average molecular weight is 380 g/mol. The summed E-state index contributed by atoms with van der Waals surface area (Å²) in [4.78, 5) is 9.17. The van der Waals surface area contributed by atoms with Crippen LogP contribution in [0.1, 0.15) is 35.5 Å². The first kappa shape index (κ1) is 18.9. The van der Waals surface area contributed by atoms with E-state index < -0.39 is 0 Å². The molecule has 0 spiro atoms. The predicted octanol–water partition coefficient (Wildman–Crippen LogP) is 6.37. The number of hydrogen-bond acceptors (Lipinski definition) is 3. The van der Waals surface area contributed by atoms with Crippen LogP contribution in [0.25, 0.3) is 17.0 Å². The molecule has 0 aliphatic carbocycles. The number of para-hydroxylation sites is 1. The van der Waals surface area contributed by atoms with Gasteiger partial charge >= 0.3 is 0 Å². The van der Waals surface area contributed by atoms with Gasteiger partial charge in [-0.05, 0) is 55.2 Å². The molecule has 1 N–H and O–H groups in total. The lowest BCUT2D eigenvalue weighted by Crippen LogP contribution is -2.09. The fourth-order valence-electron chi connectivity index (χ4n) is 3.47. The smallest absolute Gasteiger partial charge is 0.138 e. The van der Waals surface area contributed by atoms with Gasteiger partial charge in [0.1, 0.15) is 11.6 Å². The van der Waals surface area contributed by atoms with Gasteiger partial charge in [-0.25, -0.2) is 9.97 Å². The zero-order valence-electron chi connectivity index (χ0n) is 16.8. The van der Waals surface area contributed by atoms with E-state index in [1.54, 1.807) is 0 Å². The molecule has 0 saturated heterocycles. The summed E-state index contributed by atoms with van der Waals surface area (Å²) in [5, 5.41) is 4.62. The molecule has 144 valence electrons. The predicted molar refractivity (Wildman–Crippen MR) is 122 cm³/mol. The van der Waals surface area contributed by atoms with Crippen molar-refractivity contribution in [2.45, 2.75) is 26.3 Å². The van der Waals surface area contributed by atoms with Crippen molar-refractivity contribution in [1.82, 2.24) is 9.97 Å². The number of nitrogens with zero attached hydrogens (tertiary/aromatic N) is 2. The Balaban J connectivity index is 1.51. The van der Waals surface area contributed by atoms with E-state index in [9.17, 15) is 0 Å². The average Bonchev–Trinajstić information content (AvgIpc) is 2.74. The van der Waals surface area contributed by atoms with Crippen molar-refractivity contribution in [2.24, 2.45) is 0 Å². The van der Waals surface area contributed by atoms with Crippen LogP contribution in [0, 0.1) is 6.92 Å². The first-order valence-corrected chi connectivity index (χ1v) is 9.99. The van der Waals surface area contributed by atoms with Gasteiger partial charge in [-0.2, -0.15) is 0 Å². The molecule has 1 atom stereocenters. The van der Waals surface area contributed by atoms with E-state index >= 15 is 0 Å². The molecule has 0 aliphatic rings. The maximum absolute atomic E-state index is 4.64. The van der Waals surface area contributed by atoms with E-state index in [0.29, 0.717) is 0 Å². The second kappa shape index (κ2) is 8.70. The van der Waals surface area contributed by atoms with Crippen LogP contribution >= 0.6 is 0 Å². The highest BCUT2D eigenvalue weighted by atomic mass is 15.0. The quantitative estimate of drug-likeness (QED) is 0.423. The molecule has 0 radical (unpaired) electrons. The van der Waals surface area contributed by atoms with Crippen molar-refractivity contribution in [3.8, 4) is 0 Å². The SMILES string of the molecule is Cc1nc(NC(C)c2cccc(/C=C/Cc3ccccc3)c2)c2ccccc2n1. The van der Waals surface area contributed by atoms with E-state index in [4.69, 9.17) is 0 Å². The molecule has 1 aromatic heterocycles. The van der Waals surface area contributed by atoms with Gasteiger partial charge in [-0.3, -0.25) is 0 Å². The van der Waals surface area contributed by atoms with Gasteiger partial charge in [0, 0.05) is 11.4 Å². The van der Waals surface area contributed by atoms with Crippen LogP contribution in [0.2, 0.25) is 0 Å². The lowest BCUT2D eigenvalue weighted by molar-refractivity contribution is 0.872. The van der Waals surface area contributed by atoms with Gasteiger partial charge in [0.05, 0.1) is 5.52 Å². The Morgan fingerprint density at radius 3 is 2.55 bits per heavy atom. The van der Waals surface area contributed by atoms with Crippen molar-refractivity contribution in [3.05, 3.63) is 107 Å². The van der Waals surface area contributed by atoms with Crippen LogP contribution in [0.4, 0.5) is 5.82 Å². The molecule has 0 bridgehead atoms. The molecule has 0 aliphatic heterocycles. The highest BCUT2D eigenvalue weighted by molar-refractivity contribution is 5.89. The standard InChI is InChI=1S/C26H25N3/c1-19(27-26-24-16-6-7-17-25(24)28-20(2)29-26)23-15-9-14-22(18-23)13-8-12-21-10-4-3-5-11-21/h3-11,13-19H,12H2,1-2H3,(H,27,28,29)/b13-8+. The van der Waals surface area contributed by atoms with E-state index in [1.807, 2.05) is 31.2 Å². The van der Waals surface area contributed by atoms with Crippen molar-refractivity contribution in [1.29, 1.82) is 0 Å². The first-order valence-electron chi connectivity index (χ1n) is 9.99. The number of hydrogen-bond donors (Lipinski definition) is 1. The van der Waals surface area contributed by atoms with Gasteiger partial charge in [-0.15, -0.1) is 0 Å². The van der Waals surface area contributed by atoms with E-state index in [0.717, 1.165) is 29.0 Å². The molecule has 0 saturated carbocycles. The number of allylic oxidation sites excluding steroid dienone is 1. The van der Waals surface area contributed by atoms with E-state index in [2.05, 4.69) is 89.0 Å². The molecular weight excluding hydrogens is 354 g/mol. The summed E-state index contributed by atoms with van der Waals surface area (Å²) in [7, 11) is 0.